The smallest absolute Gasteiger partial charge is 0.127 e. The number of halogens is 1. The van der Waals surface area contributed by atoms with Gasteiger partial charge in [-0.1, -0.05) is 39.8 Å². The number of hydrogen-bond donors (Lipinski definition) is 0. The van der Waals surface area contributed by atoms with Crippen LogP contribution in [0.5, 0.6) is 0 Å². The van der Waals surface area contributed by atoms with Crippen molar-refractivity contribution in [3.05, 3.63) is 40.7 Å². The van der Waals surface area contributed by atoms with Crippen molar-refractivity contribution >= 4 is 5.57 Å². The van der Waals surface area contributed by atoms with Crippen molar-refractivity contribution in [2.24, 2.45) is 5.41 Å². The van der Waals surface area contributed by atoms with E-state index in [1.807, 2.05) is 13.0 Å². The first-order chi connectivity index (χ1) is 7.95. The van der Waals surface area contributed by atoms with Crippen LogP contribution in [0.25, 0.3) is 5.57 Å². The summed E-state index contributed by atoms with van der Waals surface area (Å²) in [6, 6.07) is 3.59. The van der Waals surface area contributed by atoms with Crippen LogP contribution in [-0.4, -0.2) is 0 Å². The van der Waals surface area contributed by atoms with Gasteiger partial charge in [-0.3, -0.25) is 0 Å². The maximum atomic E-state index is 13.9. The van der Waals surface area contributed by atoms with Crippen LogP contribution in [0, 0.1) is 11.2 Å². The third-order valence-electron chi connectivity index (χ3n) is 3.54. The Morgan fingerprint density at radius 3 is 2.53 bits per heavy atom. The van der Waals surface area contributed by atoms with Crippen LogP contribution in [0.4, 0.5) is 4.39 Å². The normalized spacial score (nSPS) is 15.5. The summed E-state index contributed by atoms with van der Waals surface area (Å²) >= 11 is 0. The molecule has 17 heavy (non-hydrogen) atoms. The van der Waals surface area contributed by atoms with E-state index in [0.717, 1.165) is 24.8 Å². The third kappa shape index (κ3) is 2.15. The van der Waals surface area contributed by atoms with E-state index in [1.54, 1.807) is 6.07 Å². The Hall–Kier alpha value is -1.11. The van der Waals surface area contributed by atoms with E-state index in [1.165, 1.54) is 16.7 Å². The molecule has 0 nitrogen and oxygen atoms in total. The van der Waals surface area contributed by atoms with E-state index < -0.39 is 0 Å². The molecule has 92 valence electrons. The van der Waals surface area contributed by atoms with Gasteiger partial charge in [-0.2, -0.15) is 0 Å². The highest BCUT2D eigenvalue weighted by Crippen LogP contribution is 2.41. The van der Waals surface area contributed by atoms with E-state index in [-0.39, 0.29) is 11.2 Å². The molecule has 0 radical (unpaired) electrons. The summed E-state index contributed by atoms with van der Waals surface area (Å²) in [6.07, 6.45) is 5.18. The zero-order valence-electron chi connectivity index (χ0n) is 11.2. The molecule has 0 saturated carbocycles. The predicted molar refractivity (Wildman–Crippen MR) is 71.5 cm³/mol. The number of aryl methyl sites for hydroxylation is 1. The minimum absolute atomic E-state index is 0.0525. The number of hydrogen-bond acceptors (Lipinski definition) is 0. The van der Waals surface area contributed by atoms with Crippen LogP contribution >= 0.6 is 0 Å². The quantitative estimate of drug-likeness (QED) is 0.654. The monoisotopic (exact) mass is 232 g/mol. The van der Waals surface area contributed by atoms with Crippen LogP contribution in [0.2, 0.25) is 0 Å². The molecule has 0 amide bonds. The molecule has 2 rings (SSSR count). The standard InChI is InChI=1S/C16H21F/c1-5-12-14(17)10-9-11-7-6-8-13(15(11)12)16(2,3)4/h8-10H,5-7H2,1-4H3. The first kappa shape index (κ1) is 12.3. The fraction of sp³-hybridized carbons (Fsp3) is 0.500. The van der Waals surface area contributed by atoms with Crippen molar-refractivity contribution < 1.29 is 4.39 Å². The van der Waals surface area contributed by atoms with Crippen LogP contribution < -0.4 is 0 Å². The summed E-state index contributed by atoms with van der Waals surface area (Å²) in [7, 11) is 0. The molecule has 1 aliphatic carbocycles. The molecular weight excluding hydrogens is 211 g/mol. The summed E-state index contributed by atoms with van der Waals surface area (Å²) in [5.41, 5.74) is 4.80. The first-order valence-electron chi connectivity index (χ1n) is 6.46. The molecule has 1 aromatic carbocycles. The van der Waals surface area contributed by atoms with Gasteiger partial charge >= 0.3 is 0 Å². The zero-order chi connectivity index (χ0) is 12.6. The van der Waals surface area contributed by atoms with E-state index in [9.17, 15) is 4.39 Å². The minimum atomic E-state index is -0.0525. The molecule has 0 N–H and O–H groups in total. The number of fused-ring (bicyclic) bond motifs is 1. The Balaban J connectivity index is 2.67. The van der Waals surface area contributed by atoms with Gasteiger partial charge in [0, 0.05) is 0 Å². The summed E-state index contributed by atoms with van der Waals surface area (Å²) in [5.74, 6) is -0.0525. The molecule has 0 bridgehead atoms. The number of allylic oxidation sites excluding steroid dienone is 2. The maximum absolute atomic E-state index is 13.9. The average molecular weight is 232 g/mol. The molecule has 0 unspecified atom stereocenters. The Bertz CT molecular complexity index is 461. The Morgan fingerprint density at radius 1 is 1.24 bits per heavy atom. The number of benzene rings is 1. The van der Waals surface area contributed by atoms with Crippen LogP contribution in [0.15, 0.2) is 18.2 Å². The lowest BCUT2D eigenvalue weighted by Gasteiger charge is -2.30. The van der Waals surface area contributed by atoms with E-state index in [2.05, 4.69) is 26.8 Å². The summed E-state index contributed by atoms with van der Waals surface area (Å²) < 4.78 is 13.9. The second-order valence-corrected chi connectivity index (χ2v) is 5.82. The molecule has 0 heterocycles. The lowest BCUT2D eigenvalue weighted by atomic mass is 9.74. The van der Waals surface area contributed by atoms with Crippen molar-refractivity contribution in [3.63, 3.8) is 0 Å². The maximum Gasteiger partial charge on any atom is 0.127 e. The van der Waals surface area contributed by atoms with Crippen LogP contribution in [-0.2, 0) is 12.8 Å². The molecule has 0 saturated heterocycles. The van der Waals surface area contributed by atoms with E-state index in [4.69, 9.17) is 0 Å². The van der Waals surface area contributed by atoms with Gasteiger partial charge in [-0.05, 0) is 53.0 Å². The van der Waals surface area contributed by atoms with Gasteiger partial charge in [0.1, 0.15) is 5.82 Å². The summed E-state index contributed by atoms with van der Waals surface area (Å²) in [4.78, 5) is 0. The van der Waals surface area contributed by atoms with Gasteiger partial charge in [-0.15, -0.1) is 0 Å². The molecule has 0 atom stereocenters. The highest BCUT2D eigenvalue weighted by Gasteiger charge is 2.26. The molecular formula is C16H21F. The average Bonchev–Trinajstić information content (AvgIpc) is 2.27. The molecule has 0 aromatic heterocycles. The van der Waals surface area contributed by atoms with E-state index >= 15 is 0 Å². The van der Waals surface area contributed by atoms with Gasteiger partial charge in [0.2, 0.25) is 0 Å². The SMILES string of the molecule is CCc1c(F)ccc2c1C(C(C)(C)C)=CCC2. The zero-order valence-corrected chi connectivity index (χ0v) is 11.2. The van der Waals surface area contributed by atoms with E-state index in [0.29, 0.717) is 0 Å². The van der Waals surface area contributed by atoms with Gasteiger partial charge in [-0.25, -0.2) is 4.39 Å². The molecule has 0 fully saturated rings. The Kier molecular flexibility index (Phi) is 3.11. The van der Waals surface area contributed by atoms with Gasteiger partial charge in [0.25, 0.3) is 0 Å². The second kappa shape index (κ2) is 4.29. The lowest BCUT2D eigenvalue weighted by Crippen LogP contribution is -2.16. The highest BCUT2D eigenvalue weighted by molar-refractivity contribution is 5.76. The minimum Gasteiger partial charge on any atom is -0.207 e. The predicted octanol–water partition coefficient (Wildman–Crippen LogP) is 4.76. The Morgan fingerprint density at radius 2 is 1.94 bits per heavy atom. The van der Waals surface area contributed by atoms with Gasteiger partial charge in [0.05, 0.1) is 0 Å². The topological polar surface area (TPSA) is 0 Å². The lowest BCUT2D eigenvalue weighted by molar-refractivity contribution is 0.557. The third-order valence-corrected chi connectivity index (χ3v) is 3.54. The molecule has 0 spiro atoms. The fourth-order valence-corrected chi connectivity index (χ4v) is 2.72. The number of rotatable bonds is 1. The van der Waals surface area contributed by atoms with Crippen molar-refractivity contribution in [1.82, 2.24) is 0 Å². The van der Waals surface area contributed by atoms with Gasteiger partial charge < -0.3 is 0 Å². The second-order valence-electron chi connectivity index (χ2n) is 5.82. The summed E-state index contributed by atoms with van der Waals surface area (Å²) in [6.45, 7) is 8.66. The first-order valence-corrected chi connectivity index (χ1v) is 6.46. The largest absolute Gasteiger partial charge is 0.207 e. The molecule has 1 heteroatoms. The van der Waals surface area contributed by atoms with Crippen molar-refractivity contribution in [2.45, 2.75) is 47.0 Å². The van der Waals surface area contributed by atoms with Crippen LogP contribution in [0.3, 0.4) is 0 Å². The summed E-state index contributed by atoms with van der Waals surface area (Å²) in [5, 5.41) is 0. The van der Waals surface area contributed by atoms with Crippen molar-refractivity contribution in [2.75, 3.05) is 0 Å². The molecule has 0 aliphatic heterocycles. The highest BCUT2D eigenvalue weighted by atomic mass is 19.1. The van der Waals surface area contributed by atoms with Crippen molar-refractivity contribution in [1.29, 1.82) is 0 Å². The molecule has 1 aliphatic rings. The fourth-order valence-electron chi connectivity index (χ4n) is 2.72. The van der Waals surface area contributed by atoms with Gasteiger partial charge in [0.15, 0.2) is 0 Å². The van der Waals surface area contributed by atoms with Crippen molar-refractivity contribution in [3.8, 4) is 0 Å². The van der Waals surface area contributed by atoms with Crippen LogP contribution in [0.1, 0.15) is 50.8 Å². The molecule has 1 aromatic rings. The Labute approximate surface area is 104 Å².